The summed E-state index contributed by atoms with van der Waals surface area (Å²) in [6, 6.07) is 11.7. The van der Waals surface area contributed by atoms with Crippen LogP contribution < -0.4 is 20.9 Å². The molecule has 2 aromatic rings. The van der Waals surface area contributed by atoms with Crippen LogP contribution >= 0.6 is 11.8 Å². The number of hydrogen-bond donors (Lipinski definition) is 3. The number of hydrogen-bond acceptors (Lipinski definition) is 5. The van der Waals surface area contributed by atoms with Gasteiger partial charge in [-0.3, -0.25) is 20.4 Å². The van der Waals surface area contributed by atoms with Gasteiger partial charge in [0, 0.05) is 16.1 Å². The zero-order valence-corrected chi connectivity index (χ0v) is 14.9. The first-order chi connectivity index (χ1) is 12.8. The molecule has 0 saturated carbocycles. The lowest BCUT2D eigenvalue weighted by Gasteiger charge is -2.10. The molecule has 6 nitrogen and oxygen atoms in total. The monoisotopic (exact) mass is 399 g/mol. The molecule has 0 aliphatic carbocycles. The molecule has 144 valence electrons. The van der Waals surface area contributed by atoms with E-state index in [9.17, 15) is 22.8 Å². The zero-order chi connectivity index (χ0) is 19.9. The Labute approximate surface area is 157 Å². The van der Waals surface area contributed by atoms with Crippen molar-refractivity contribution < 1.29 is 27.5 Å². The Morgan fingerprint density at radius 2 is 1.63 bits per heavy atom. The average Bonchev–Trinajstić information content (AvgIpc) is 2.64. The zero-order valence-electron chi connectivity index (χ0n) is 14.1. The van der Waals surface area contributed by atoms with Crippen LogP contribution in [0.3, 0.4) is 0 Å². The molecule has 0 saturated heterocycles. The molecular formula is C17H16F3N3O3S. The fourth-order valence-electron chi connectivity index (χ4n) is 1.94. The van der Waals surface area contributed by atoms with E-state index in [1.54, 1.807) is 31.4 Å². The summed E-state index contributed by atoms with van der Waals surface area (Å²) in [5.41, 5.74) is 0.820. The molecule has 2 aromatic carbocycles. The van der Waals surface area contributed by atoms with Crippen molar-refractivity contribution in [3.63, 3.8) is 0 Å². The van der Waals surface area contributed by atoms with E-state index in [4.69, 9.17) is 4.74 Å². The molecule has 0 fully saturated rings. The number of nitrogens with one attached hydrogen (secondary N) is 3. The van der Waals surface area contributed by atoms with Crippen molar-refractivity contribution in [3.8, 4) is 5.75 Å². The van der Waals surface area contributed by atoms with Gasteiger partial charge in [-0.2, -0.15) is 13.2 Å². The van der Waals surface area contributed by atoms with E-state index >= 15 is 0 Å². The van der Waals surface area contributed by atoms with Crippen molar-refractivity contribution in [1.29, 1.82) is 0 Å². The lowest BCUT2D eigenvalue weighted by molar-refractivity contribution is -0.120. The van der Waals surface area contributed by atoms with Crippen LogP contribution in [0.25, 0.3) is 0 Å². The van der Waals surface area contributed by atoms with Crippen molar-refractivity contribution in [2.45, 2.75) is 10.4 Å². The molecule has 0 aromatic heterocycles. The van der Waals surface area contributed by atoms with Gasteiger partial charge in [0.25, 0.3) is 11.8 Å². The van der Waals surface area contributed by atoms with E-state index in [2.05, 4.69) is 16.2 Å². The fourth-order valence-corrected chi connectivity index (χ4v) is 2.48. The molecule has 0 spiro atoms. The maximum atomic E-state index is 12.3. The minimum atomic E-state index is -4.39. The molecule has 0 aliphatic rings. The molecule has 0 radical (unpaired) electrons. The van der Waals surface area contributed by atoms with Crippen LogP contribution in [0.1, 0.15) is 10.4 Å². The first-order valence-corrected chi connectivity index (χ1v) is 8.41. The van der Waals surface area contributed by atoms with E-state index in [1.807, 2.05) is 0 Å². The van der Waals surface area contributed by atoms with Crippen LogP contribution in [-0.4, -0.2) is 31.0 Å². The third-order valence-corrected chi connectivity index (χ3v) is 3.95. The summed E-state index contributed by atoms with van der Waals surface area (Å²) >= 11 is -0.271. The second kappa shape index (κ2) is 9.17. The Bertz CT molecular complexity index is 781. The Balaban J connectivity index is 1.77. The number of carbonyl (C=O) groups is 2. The molecule has 0 unspecified atom stereocenters. The van der Waals surface area contributed by atoms with E-state index < -0.39 is 17.3 Å². The van der Waals surface area contributed by atoms with Gasteiger partial charge in [0.15, 0.2) is 0 Å². The second-order valence-electron chi connectivity index (χ2n) is 5.16. The Morgan fingerprint density at radius 1 is 1.00 bits per heavy atom. The highest BCUT2D eigenvalue weighted by atomic mass is 32.2. The summed E-state index contributed by atoms with van der Waals surface area (Å²) in [6.07, 6.45) is 0. The molecule has 0 heterocycles. The highest BCUT2D eigenvalue weighted by Gasteiger charge is 2.29. The summed E-state index contributed by atoms with van der Waals surface area (Å²) in [5.74, 6) is -0.461. The molecule has 0 atom stereocenters. The maximum Gasteiger partial charge on any atom is 0.446 e. The predicted molar refractivity (Wildman–Crippen MR) is 95.4 cm³/mol. The molecule has 0 bridgehead atoms. The smallest absolute Gasteiger partial charge is 0.446 e. The summed E-state index contributed by atoms with van der Waals surface area (Å²) in [7, 11) is 1.54. The topological polar surface area (TPSA) is 79.5 Å². The molecule has 2 rings (SSSR count). The quantitative estimate of drug-likeness (QED) is 0.514. The summed E-state index contributed by atoms with van der Waals surface area (Å²) in [6.45, 7) is -0.0895. The Hall–Kier alpha value is -2.88. The number of anilines is 1. The number of hydrazine groups is 1. The number of alkyl halides is 3. The van der Waals surface area contributed by atoms with Crippen molar-refractivity contribution in [1.82, 2.24) is 10.9 Å². The van der Waals surface area contributed by atoms with Crippen molar-refractivity contribution in [2.75, 3.05) is 19.0 Å². The first kappa shape index (κ1) is 20.4. The number of amides is 2. The van der Waals surface area contributed by atoms with Crippen LogP contribution in [0.2, 0.25) is 0 Å². The SMILES string of the molecule is COc1ccc(NCC(=O)NNC(=O)c2ccc(SC(F)(F)F)cc2)cc1. The van der Waals surface area contributed by atoms with Gasteiger partial charge in [-0.25, -0.2) is 0 Å². The predicted octanol–water partition coefficient (Wildman–Crippen LogP) is 3.18. The number of methoxy groups -OCH3 is 1. The van der Waals surface area contributed by atoms with Gasteiger partial charge in [-0.05, 0) is 60.3 Å². The maximum absolute atomic E-state index is 12.3. The van der Waals surface area contributed by atoms with Gasteiger partial charge in [0.2, 0.25) is 0 Å². The van der Waals surface area contributed by atoms with Crippen LogP contribution in [0.15, 0.2) is 53.4 Å². The molecule has 27 heavy (non-hydrogen) atoms. The van der Waals surface area contributed by atoms with Crippen molar-refractivity contribution >= 4 is 29.3 Å². The third kappa shape index (κ3) is 7.10. The Kier molecular flexibility index (Phi) is 6.94. The Morgan fingerprint density at radius 3 is 2.19 bits per heavy atom. The van der Waals surface area contributed by atoms with Crippen LogP contribution in [-0.2, 0) is 4.79 Å². The molecule has 3 N–H and O–H groups in total. The van der Waals surface area contributed by atoms with E-state index in [1.165, 1.54) is 24.3 Å². The summed E-state index contributed by atoms with van der Waals surface area (Å²) < 4.78 is 41.8. The van der Waals surface area contributed by atoms with Crippen LogP contribution in [0.5, 0.6) is 5.75 Å². The van der Waals surface area contributed by atoms with Crippen molar-refractivity contribution in [2.24, 2.45) is 0 Å². The van der Waals surface area contributed by atoms with Crippen LogP contribution in [0.4, 0.5) is 18.9 Å². The molecule has 0 aliphatic heterocycles. The lowest BCUT2D eigenvalue weighted by atomic mass is 10.2. The number of thioether (sulfide) groups is 1. The van der Waals surface area contributed by atoms with Gasteiger partial charge in [-0.1, -0.05) is 0 Å². The van der Waals surface area contributed by atoms with Gasteiger partial charge < -0.3 is 10.1 Å². The number of rotatable bonds is 6. The minimum absolute atomic E-state index is 0.0354. The highest BCUT2D eigenvalue weighted by Crippen LogP contribution is 2.36. The number of carbonyl (C=O) groups excluding carboxylic acids is 2. The van der Waals surface area contributed by atoms with E-state index in [0.717, 1.165) is 0 Å². The second-order valence-corrected chi connectivity index (χ2v) is 6.29. The molecule has 10 heteroatoms. The van der Waals surface area contributed by atoms with Gasteiger partial charge in [-0.15, -0.1) is 0 Å². The van der Waals surface area contributed by atoms with E-state index in [-0.39, 0.29) is 28.8 Å². The van der Waals surface area contributed by atoms with Crippen LogP contribution in [0, 0.1) is 0 Å². The number of benzene rings is 2. The van der Waals surface area contributed by atoms with Crippen molar-refractivity contribution in [3.05, 3.63) is 54.1 Å². The minimum Gasteiger partial charge on any atom is -0.497 e. The van der Waals surface area contributed by atoms with Gasteiger partial charge >= 0.3 is 5.51 Å². The van der Waals surface area contributed by atoms with Gasteiger partial charge in [0.1, 0.15) is 5.75 Å². The van der Waals surface area contributed by atoms with E-state index in [0.29, 0.717) is 11.4 Å². The lowest BCUT2D eigenvalue weighted by Crippen LogP contribution is -2.44. The number of ether oxygens (including phenoxy) is 1. The highest BCUT2D eigenvalue weighted by molar-refractivity contribution is 8.00. The fraction of sp³-hybridized carbons (Fsp3) is 0.176. The molecule has 2 amide bonds. The number of halogens is 3. The largest absolute Gasteiger partial charge is 0.497 e. The summed E-state index contributed by atoms with van der Waals surface area (Å²) in [5, 5.41) is 2.86. The third-order valence-electron chi connectivity index (χ3n) is 3.21. The standard InChI is InChI=1S/C17H16F3N3O3S/c1-26-13-6-4-12(5-7-13)21-10-15(24)22-23-16(25)11-2-8-14(9-3-11)27-17(18,19)20/h2-9,21H,10H2,1H3,(H,22,24)(H,23,25). The summed E-state index contributed by atoms with van der Waals surface area (Å²) in [4.78, 5) is 23.6. The first-order valence-electron chi connectivity index (χ1n) is 7.60. The molecular weight excluding hydrogens is 383 g/mol. The normalized spacial score (nSPS) is 10.8. The average molecular weight is 399 g/mol. The van der Waals surface area contributed by atoms with Gasteiger partial charge in [0.05, 0.1) is 13.7 Å².